The fraction of sp³-hybridized carbons (Fsp3) is 0.450. The van der Waals surface area contributed by atoms with Crippen molar-refractivity contribution in [1.29, 1.82) is 0 Å². The molecule has 12 heteroatoms. The maximum atomic E-state index is 11.6. The molecule has 0 radical (unpaired) electrons. The summed E-state index contributed by atoms with van der Waals surface area (Å²) in [6.07, 6.45) is 10.6. The Morgan fingerprint density at radius 3 is 1.67 bits per heavy atom. The number of aryl methyl sites for hydroxylation is 3. The molecule has 0 atom stereocenters. The van der Waals surface area contributed by atoms with E-state index < -0.39 is 0 Å². The maximum Gasteiger partial charge on any atom is 0.222 e. The number of aromatic nitrogens is 4. The quantitative estimate of drug-likeness (QED) is 0.0913. The van der Waals surface area contributed by atoms with E-state index in [0.717, 1.165) is 81.7 Å². The second-order valence-electron chi connectivity index (χ2n) is 16.5. The summed E-state index contributed by atoms with van der Waals surface area (Å²) in [6.45, 7) is 31.2. The maximum absolute atomic E-state index is 11.6. The number of amides is 1. The fourth-order valence-electron chi connectivity index (χ4n) is 6.75. The molecule has 5 heterocycles. The van der Waals surface area contributed by atoms with Crippen LogP contribution in [-0.4, -0.2) is 113 Å². The number of carbonyl (C=O) groups excluding carboxylic acids is 1. The molecule has 1 saturated heterocycles. The van der Waals surface area contributed by atoms with Crippen LogP contribution in [0.3, 0.4) is 0 Å². The average Bonchev–Trinajstić information content (AvgIpc) is 3.41. The number of nitrogens with zero attached hydrogens (tertiary/aromatic N) is 8. The van der Waals surface area contributed by atoms with Gasteiger partial charge in [0.15, 0.2) is 0 Å². The highest BCUT2D eigenvalue weighted by molar-refractivity contribution is 5.75. The summed E-state index contributed by atoms with van der Waals surface area (Å²) in [5.74, 6) is 2.02. The molecule has 12 nitrogen and oxygen atoms in total. The van der Waals surface area contributed by atoms with Gasteiger partial charge in [-0.05, 0) is 130 Å². The van der Waals surface area contributed by atoms with Crippen molar-refractivity contribution in [1.82, 2.24) is 39.5 Å². The topological polar surface area (TPSA) is 118 Å². The lowest BCUT2D eigenvalue weighted by atomic mass is 10.1. The molecule has 72 heavy (non-hydrogen) atoms. The van der Waals surface area contributed by atoms with Gasteiger partial charge in [0.1, 0.15) is 11.6 Å². The predicted octanol–water partition coefficient (Wildman–Crippen LogP) is 12.7. The standard InChI is InChI=1S/C18H30N4O.2C12H13N3.C10H15N.4C2H6/c1-19-17-7-4-6-16(14-17)15-22-12-10-21(11-13-22)9-5-8-18(23)20(2)3;1-10-4-6-14-12(7-10)15-9-11-3-2-5-13-8-11;1-10-5-7-14-12(8-10)15-9-11-4-2-3-6-13-11;1-9-5-4-6-10(7-9)8-11(2)3;4*1-2/h4,6-7,14,19H,5,8-13,15H2,1-3H3;2*2-8H,9H2,1H3,(H,14,15);4-7H,8H2,1-3H3;4*1-2H3. The molecule has 1 fully saturated rings. The van der Waals surface area contributed by atoms with Gasteiger partial charge in [-0.3, -0.25) is 19.7 Å². The number of hydrogen-bond donors (Lipinski definition) is 3. The third-order valence-electron chi connectivity index (χ3n) is 10.2. The lowest BCUT2D eigenvalue weighted by Gasteiger charge is -2.34. The van der Waals surface area contributed by atoms with Crippen LogP contribution in [0.25, 0.3) is 0 Å². The van der Waals surface area contributed by atoms with Crippen molar-refractivity contribution in [2.45, 2.75) is 115 Å². The Bertz CT molecular complexity index is 2110. The Kier molecular flexibility index (Phi) is 38.8. The van der Waals surface area contributed by atoms with E-state index in [1.165, 1.54) is 33.5 Å². The van der Waals surface area contributed by atoms with Crippen LogP contribution >= 0.6 is 0 Å². The summed E-state index contributed by atoms with van der Waals surface area (Å²) in [5.41, 5.74) is 9.83. The van der Waals surface area contributed by atoms with Crippen molar-refractivity contribution in [2.24, 2.45) is 0 Å². The zero-order valence-corrected chi connectivity index (χ0v) is 47.5. The van der Waals surface area contributed by atoms with Gasteiger partial charge >= 0.3 is 0 Å². The Morgan fingerprint density at radius 1 is 0.569 bits per heavy atom. The Morgan fingerprint density at radius 2 is 1.14 bits per heavy atom. The molecule has 1 amide bonds. The number of hydrogen-bond acceptors (Lipinski definition) is 11. The van der Waals surface area contributed by atoms with Crippen LogP contribution in [0, 0.1) is 20.8 Å². The summed E-state index contributed by atoms with van der Waals surface area (Å²) in [7, 11) is 9.78. The molecule has 3 N–H and O–H groups in total. The van der Waals surface area contributed by atoms with E-state index in [4.69, 9.17) is 0 Å². The van der Waals surface area contributed by atoms with E-state index in [-0.39, 0.29) is 5.91 Å². The summed E-state index contributed by atoms with van der Waals surface area (Å²) < 4.78 is 0. The number of pyridine rings is 4. The van der Waals surface area contributed by atoms with Crippen molar-refractivity contribution in [2.75, 3.05) is 83.9 Å². The third-order valence-corrected chi connectivity index (χ3v) is 10.2. The van der Waals surface area contributed by atoms with Crippen LogP contribution in [0.2, 0.25) is 0 Å². The van der Waals surface area contributed by atoms with Gasteiger partial charge in [-0.15, -0.1) is 0 Å². The van der Waals surface area contributed by atoms with Gasteiger partial charge in [0, 0.05) is 110 Å². The molecule has 2 aromatic carbocycles. The lowest BCUT2D eigenvalue weighted by molar-refractivity contribution is -0.128. The zero-order chi connectivity index (χ0) is 53.9. The minimum atomic E-state index is 0.230. The largest absolute Gasteiger partial charge is 0.388 e. The van der Waals surface area contributed by atoms with Gasteiger partial charge in [-0.25, -0.2) is 9.97 Å². The van der Waals surface area contributed by atoms with E-state index in [1.54, 1.807) is 29.7 Å². The van der Waals surface area contributed by atoms with Crippen LogP contribution in [0.4, 0.5) is 17.3 Å². The van der Waals surface area contributed by atoms with Gasteiger partial charge in [-0.2, -0.15) is 0 Å². The van der Waals surface area contributed by atoms with E-state index in [1.807, 2.05) is 144 Å². The van der Waals surface area contributed by atoms with Crippen molar-refractivity contribution in [3.05, 3.63) is 173 Å². The van der Waals surface area contributed by atoms with Crippen LogP contribution in [0.15, 0.2) is 134 Å². The minimum Gasteiger partial charge on any atom is -0.388 e. The van der Waals surface area contributed by atoms with Gasteiger partial charge in [0.05, 0.1) is 12.2 Å². The first-order chi connectivity index (χ1) is 34.9. The van der Waals surface area contributed by atoms with E-state index in [0.29, 0.717) is 13.0 Å². The van der Waals surface area contributed by atoms with Crippen LogP contribution in [-0.2, 0) is 31.0 Å². The predicted molar refractivity (Wildman–Crippen MR) is 311 cm³/mol. The highest BCUT2D eigenvalue weighted by atomic mass is 16.2. The fourth-order valence-corrected chi connectivity index (χ4v) is 6.75. The van der Waals surface area contributed by atoms with Gasteiger partial charge in [0.2, 0.25) is 5.91 Å². The molecule has 7 rings (SSSR count). The Balaban J connectivity index is 0.000000915. The number of nitrogens with one attached hydrogen (secondary N) is 3. The third kappa shape index (κ3) is 31.2. The number of piperazine rings is 1. The smallest absolute Gasteiger partial charge is 0.222 e. The minimum absolute atomic E-state index is 0.230. The molecule has 0 bridgehead atoms. The van der Waals surface area contributed by atoms with Crippen LogP contribution in [0.5, 0.6) is 0 Å². The van der Waals surface area contributed by atoms with Crippen LogP contribution in [0.1, 0.15) is 107 Å². The van der Waals surface area contributed by atoms with Crippen molar-refractivity contribution >= 4 is 23.2 Å². The highest BCUT2D eigenvalue weighted by Crippen LogP contribution is 2.14. The molecule has 1 aliphatic heterocycles. The summed E-state index contributed by atoms with van der Waals surface area (Å²) in [4.78, 5) is 37.1. The molecule has 0 unspecified atom stereocenters. The molecule has 4 aromatic heterocycles. The number of rotatable bonds is 15. The van der Waals surface area contributed by atoms with Crippen molar-refractivity contribution < 1.29 is 4.79 Å². The monoisotopic (exact) mass is 986 g/mol. The molecule has 6 aromatic rings. The lowest BCUT2D eigenvalue weighted by Crippen LogP contribution is -2.46. The molecular weight excluding hydrogens is 891 g/mol. The number of anilines is 3. The average molecular weight is 986 g/mol. The molecule has 0 saturated carbocycles. The summed E-state index contributed by atoms with van der Waals surface area (Å²) >= 11 is 0. The van der Waals surface area contributed by atoms with Crippen molar-refractivity contribution in [3.8, 4) is 0 Å². The van der Waals surface area contributed by atoms with Crippen LogP contribution < -0.4 is 16.0 Å². The van der Waals surface area contributed by atoms with Gasteiger partial charge in [0.25, 0.3) is 0 Å². The highest BCUT2D eigenvalue weighted by Gasteiger charge is 2.17. The number of carbonyl (C=O) groups is 1. The second-order valence-corrected chi connectivity index (χ2v) is 16.5. The van der Waals surface area contributed by atoms with Crippen molar-refractivity contribution in [3.63, 3.8) is 0 Å². The van der Waals surface area contributed by atoms with Gasteiger partial charge < -0.3 is 30.7 Å². The first-order valence-corrected chi connectivity index (χ1v) is 26.2. The summed E-state index contributed by atoms with van der Waals surface area (Å²) in [5, 5.41) is 9.67. The molecule has 396 valence electrons. The molecule has 0 aliphatic carbocycles. The first kappa shape index (κ1) is 65.8. The Hall–Kier alpha value is -6.21. The van der Waals surface area contributed by atoms with E-state index in [9.17, 15) is 4.79 Å². The molecular formula is C60H95N11O. The SMILES string of the molecule is CC.CC.CC.CC.CNc1cccc(CN2CCN(CCCC(=O)N(C)C)CC2)c1.Cc1cccc(CN(C)C)c1.Cc1ccnc(NCc2ccccn2)c1.Cc1ccnc(NCc2cccnc2)c1. The zero-order valence-electron chi connectivity index (χ0n) is 47.5. The second kappa shape index (κ2) is 42.5. The van der Waals surface area contributed by atoms with E-state index >= 15 is 0 Å². The summed E-state index contributed by atoms with van der Waals surface area (Å²) in [6, 6.07) is 35.1. The van der Waals surface area contributed by atoms with Gasteiger partial charge in [-0.1, -0.05) is 109 Å². The number of benzene rings is 2. The molecule has 1 aliphatic rings. The first-order valence-electron chi connectivity index (χ1n) is 26.2. The normalized spacial score (nSPS) is 11.3. The Labute approximate surface area is 438 Å². The van der Waals surface area contributed by atoms with E-state index in [2.05, 4.69) is 127 Å². The molecule has 0 spiro atoms.